The van der Waals surface area contributed by atoms with Crippen LogP contribution in [0.3, 0.4) is 0 Å². The Kier molecular flexibility index (Phi) is 5.87. The van der Waals surface area contributed by atoms with Gasteiger partial charge in [-0.25, -0.2) is 4.68 Å². The number of rotatable bonds is 6. The van der Waals surface area contributed by atoms with Crippen LogP contribution >= 0.6 is 23.2 Å². The summed E-state index contributed by atoms with van der Waals surface area (Å²) in [6.07, 6.45) is -0.392. The fourth-order valence-corrected chi connectivity index (χ4v) is 3.25. The summed E-state index contributed by atoms with van der Waals surface area (Å²) in [4.78, 5) is 36.1. The van der Waals surface area contributed by atoms with E-state index >= 15 is 0 Å². The Hall–Kier alpha value is -3.03. The maximum absolute atomic E-state index is 12.6. The van der Waals surface area contributed by atoms with Crippen LogP contribution in [0.5, 0.6) is 0 Å². The van der Waals surface area contributed by atoms with Crippen molar-refractivity contribution in [2.24, 2.45) is 0 Å². The minimum absolute atomic E-state index is 0.00525. The molecule has 0 spiro atoms. The Morgan fingerprint density at radius 3 is 2.46 bits per heavy atom. The van der Waals surface area contributed by atoms with Crippen molar-refractivity contribution < 1.29 is 14.7 Å². The molecule has 1 atom stereocenters. The number of nitrogens with one attached hydrogen (secondary N) is 2. The Morgan fingerprint density at radius 1 is 1.11 bits per heavy atom. The number of H-pyrrole nitrogens is 1. The van der Waals surface area contributed by atoms with Gasteiger partial charge in [-0.15, -0.1) is 0 Å². The zero-order valence-corrected chi connectivity index (χ0v) is 15.9. The lowest BCUT2D eigenvalue weighted by atomic mass is 10.0. The van der Waals surface area contributed by atoms with E-state index in [1.165, 1.54) is 10.7 Å². The van der Waals surface area contributed by atoms with Crippen LogP contribution in [0, 0.1) is 0 Å². The number of carbonyl (C=O) groups is 2. The lowest BCUT2D eigenvalue weighted by molar-refractivity contribution is -0.137. The highest BCUT2D eigenvalue weighted by Gasteiger charge is 2.22. The standard InChI is InChI=1S/C19H15Cl2N3O4/c20-11-6-7-13(14(21)8-11)15(10-18(26)27)22-19(28)16-9-17(25)24(23-16)12-4-2-1-3-5-12/h1-9,15,23H,10H2,(H,22,28)(H,26,27)/t15-/m0/s1. The number of aromatic amines is 1. The molecule has 0 unspecified atom stereocenters. The first-order valence-corrected chi connectivity index (χ1v) is 8.96. The molecule has 7 nitrogen and oxygen atoms in total. The summed E-state index contributed by atoms with van der Waals surface area (Å²) in [5, 5.41) is 15.1. The van der Waals surface area contributed by atoms with Gasteiger partial charge in [-0.2, -0.15) is 0 Å². The van der Waals surface area contributed by atoms with Crippen molar-refractivity contribution >= 4 is 35.1 Å². The summed E-state index contributed by atoms with van der Waals surface area (Å²) >= 11 is 12.0. The van der Waals surface area contributed by atoms with Crippen LogP contribution in [0.1, 0.15) is 28.5 Å². The molecule has 0 saturated heterocycles. The molecule has 3 N–H and O–H groups in total. The van der Waals surface area contributed by atoms with E-state index in [1.807, 2.05) is 0 Å². The SMILES string of the molecule is O=C(O)C[C@H](NC(=O)c1cc(=O)n(-c2ccccc2)[nH]1)c1ccc(Cl)cc1Cl. The number of carbonyl (C=O) groups excluding carboxylic acids is 1. The third kappa shape index (κ3) is 4.44. The number of nitrogens with zero attached hydrogens (tertiary/aromatic N) is 1. The summed E-state index contributed by atoms with van der Waals surface area (Å²) in [5.41, 5.74) is 0.547. The van der Waals surface area contributed by atoms with Gasteiger partial charge in [-0.3, -0.25) is 19.5 Å². The minimum Gasteiger partial charge on any atom is -0.481 e. The van der Waals surface area contributed by atoms with Gasteiger partial charge < -0.3 is 10.4 Å². The zero-order valence-electron chi connectivity index (χ0n) is 14.4. The average molecular weight is 420 g/mol. The molecule has 1 heterocycles. The second-order valence-electron chi connectivity index (χ2n) is 5.97. The van der Waals surface area contributed by atoms with Crippen LogP contribution in [0.4, 0.5) is 0 Å². The second kappa shape index (κ2) is 8.33. The van der Waals surface area contributed by atoms with Crippen LogP contribution in [0.2, 0.25) is 10.0 Å². The van der Waals surface area contributed by atoms with Crippen molar-refractivity contribution in [2.45, 2.75) is 12.5 Å². The molecule has 3 rings (SSSR count). The van der Waals surface area contributed by atoms with Crippen molar-refractivity contribution in [3.8, 4) is 5.69 Å². The molecule has 0 aliphatic heterocycles. The van der Waals surface area contributed by atoms with Crippen LogP contribution in [-0.4, -0.2) is 26.8 Å². The van der Waals surface area contributed by atoms with Gasteiger partial charge in [0.25, 0.3) is 11.5 Å². The van der Waals surface area contributed by atoms with Crippen LogP contribution in [0.15, 0.2) is 59.4 Å². The van der Waals surface area contributed by atoms with Crippen molar-refractivity contribution in [1.29, 1.82) is 0 Å². The monoisotopic (exact) mass is 419 g/mol. The number of amides is 1. The summed E-state index contributed by atoms with van der Waals surface area (Å²) in [7, 11) is 0. The normalized spacial score (nSPS) is 11.8. The number of aromatic nitrogens is 2. The van der Waals surface area contributed by atoms with E-state index in [-0.39, 0.29) is 10.7 Å². The molecule has 1 amide bonds. The molecule has 9 heteroatoms. The molecular weight excluding hydrogens is 405 g/mol. The predicted molar refractivity (Wildman–Crippen MR) is 105 cm³/mol. The van der Waals surface area contributed by atoms with Crippen LogP contribution in [-0.2, 0) is 4.79 Å². The van der Waals surface area contributed by atoms with E-state index in [0.29, 0.717) is 16.3 Å². The first-order chi connectivity index (χ1) is 13.3. The summed E-state index contributed by atoms with van der Waals surface area (Å²) in [6.45, 7) is 0. The smallest absolute Gasteiger partial charge is 0.305 e. The molecular formula is C19H15Cl2N3O4. The third-order valence-corrected chi connectivity index (χ3v) is 4.56. The largest absolute Gasteiger partial charge is 0.481 e. The molecule has 1 aromatic heterocycles. The minimum atomic E-state index is -1.12. The van der Waals surface area contributed by atoms with Crippen molar-refractivity contribution in [2.75, 3.05) is 0 Å². The topological polar surface area (TPSA) is 104 Å². The van der Waals surface area contributed by atoms with E-state index in [9.17, 15) is 19.5 Å². The maximum Gasteiger partial charge on any atom is 0.305 e. The molecule has 144 valence electrons. The number of aliphatic carboxylic acids is 1. The zero-order chi connectivity index (χ0) is 20.3. The summed E-state index contributed by atoms with van der Waals surface area (Å²) in [6, 6.07) is 13.5. The number of hydrogen-bond donors (Lipinski definition) is 3. The molecule has 0 fully saturated rings. The molecule has 0 aliphatic carbocycles. The fourth-order valence-electron chi connectivity index (χ4n) is 2.71. The number of halogens is 2. The number of carboxylic acid groups (broad SMARTS) is 1. The fraction of sp³-hybridized carbons (Fsp3) is 0.105. The molecule has 3 aromatic rings. The molecule has 28 heavy (non-hydrogen) atoms. The number of hydrogen-bond acceptors (Lipinski definition) is 3. The molecule has 2 aromatic carbocycles. The van der Waals surface area contributed by atoms with Gasteiger partial charge in [0.1, 0.15) is 5.69 Å². The first-order valence-electron chi connectivity index (χ1n) is 8.20. The van der Waals surface area contributed by atoms with E-state index in [1.54, 1.807) is 42.5 Å². The van der Waals surface area contributed by atoms with Gasteiger partial charge in [-0.1, -0.05) is 47.5 Å². The van der Waals surface area contributed by atoms with Crippen molar-refractivity contribution in [3.63, 3.8) is 0 Å². The first kappa shape index (κ1) is 19.7. The van der Waals surface area contributed by atoms with Crippen molar-refractivity contribution in [1.82, 2.24) is 15.1 Å². The quantitative estimate of drug-likeness (QED) is 0.569. The van der Waals surface area contributed by atoms with E-state index in [2.05, 4.69) is 10.4 Å². The van der Waals surface area contributed by atoms with Gasteiger partial charge in [0.2, 0.25) is 0 Å². The Balaban J connectivity index is 1.88. The van der Waals surface area contributed by atoms with Crippen molar-refractivity contribution in [3.05, 3.63) is 86.3 Å². The van der Waals surface area contributed by atoms with E-state index in [4.69, 9.17) is 23.2 Å². The molecule has 0 aliphatic rings. The molecule has 0 bridgehead atoms. The summed E-state index contributed by atoms with van der Waals surface area (Å²) < 4.78 is 1.22. The van der Waals surface area contributed by atoms with E-state index < -0.39 is 29.9 Å². The highest BCUT2D eigenvalue weighted by atomic mass is 35.5. The van der Waals surface area contributed by atoms with Gasteiger partial charge >= 0.3 is 5.97 Å². The van der Waals surface area contributed by atoms with Crippen LogP contribution in [0.25, 0.3) is 5.69 Å². The number of para-hydroxylation sites is 1. The lowest BCUT2D eigenvalue weighted by Gasteiger charge is -2.18. The molecule has 0 saturated carbocycles. The van der Waals surface area contributed by atoms with Gasteiger partial charge in [0.05, 0.1) is 18.2 Å². The highest BCUT2D eigenvalue weighted by Crippen LogP contribution is 2.28. The Bertz CT molecular complexity index is 1080. The van der Waals surface area contributed by atoms with E-state index in [0.717, 1.165) is 6.07 Å². The molecule has 0 radical (unpaired) electrons. The van der Waals surface area contributed by atoms with Gasteiger partial charge in [0, 0.05) is 16.1 Å². The van der Waals surface area contributed by atoms with Gasteiger partial charge in [0.15, 0.2) is 0 Å². The third-order valence-electron chi connectivity index (χ3n) is 4.00. The second-order valence-corrected chi connectivity index (χ2v) is 6.81. The number of carboxylic acids is 1. The highest BCUT2D eigenvalue weighted by molar-refractivity contribution is 6.35. The lowest BCUT2D eigenvalue weighted by Crippen LogP contribution is -2.30. The van der Waals surface area contributed by atoms with Crippen LogP contribution < -0.4 is 10.9 Å². The summed E-state index contributed by atoms with van der Waals surface area (Å²) in [5.74, 6) is -1.75. The predicted octanol–water partition coefficient (Wildman–Crippen LogP) is 3.42. The maximum atomic E-state index is 12.6. The van der Waals surface area contributed by atoms with Gasteiger partial charge in [-0.05, 0) is 29.8 Å². The number of benzene rings is 2. The Labute approximate surface area is 169 Å². The Morgan fingerprint density at radius 2 is 1.82 bits per heavy atom. The average Bonchev–Trinajstić information content (AvgIpc) is 3.03.